The second kappa shape index (κ2) is 5.42. The molecule has 0 radical (unpaired) electrons. The average Bonchev–Trinajstić information content (AvgIpc) is 2.80. The van der Waals surface area contributed by atoms with Crippen molar-refractivity contribution in [3.63, 3.8) is 0 Å². The minimum atomic E-state index is -0.555. The number of hydrogen-bond donors (Lipinski definition) is 1. The lowest BCUT2D eigenvalue weighted by Crippen LogP contribution is -2.34. The molecule has 0 saturated heterocycles. The lowest BCUT2D eigenvalue weighted by Gasteiger charge is -2.23. The van der Waals surface area contributed by atoms with E-state index in [-0.39, 0.29) is 23.1 Å². The van der Waals surface area contributed by atoms with Crippen LogP contribution in [-0.2, 0) is 11.3 Å². The Balaban J connectivity index is 1.87. The highest BCUT2D eigenvalue weighted by atomic mass is 32.1. The third-order valence-electron chi connectivity index (χ3n) is 3.51. The van der Waals surface area contributed by atoms with E-state index in [4.69, 9.17) is 4.74 Å². The van der Waals surface area contributed by atoms with Gasteiger partial charge in [0.25, 0.3) is 5.91 Å². The Labute approximate surface area is 130 Å². The molecule has 1 amide bonds. The molecule has 0 fully saturated rings. The van der Waals surface area contributed by atoms with E-state index in [0.29, 0.717) is 17.0 Å². The first-order valence-corrected chi connectivity index (χ1v) is 7.63. The molecule has 1 aliphatic rings. The molecule has 2 aromatic rings. The number of Topliss-reactive ketones (excluding diaryl/α,β-unsaturated/α-hetero) is 1. The standard InChI is InChI=1S/C15H14N2O4S/c1-8-7-22-15(20)17(8)6-12(18)10-3-4-13-11(5-10)16-14(19)9(2)21-13/h3-5,7,9H,6H2,1-2H3,(H,16,19)/t9-/m1/s1. The fourth-order valence-corrected chi connectivity index (χ4v) is 2.95. The van der Waals surface area contributed by atoms with Gasteiger partial charge in [0.1, 0.15) is 5.75 Å². The van der Waals surface area contributed by atoms with Crippen LogP contribution in [0.4, 0.5) is 5.69 Å². The van der Waals surface area contributed by atoms with Crippen LogP contribution in [0.25, 0.3) is 0 Å². The summed E-state index contributed by atoms with van der Waals surface area (Å²) in [6, 6.07) is 4.87. The Morgan fingerprint density at radius 2 is 2.18 bits per heavy atom. The van der Waals surface area contributed by atoms with Gasteiger partial charge in [0.2, 0.25) is 0 Å². The Bertz CT molecular complexity index is 821. The largest absolute Gasteiger partial charge is 0.479 e. The smallest absolute Gasteiger partial charge is 0.307 e. The molecule has 1 aromatic carbocycles. The Morgan fingerprint density at radius 3 is 2.86 bits per heavy atom. The first-order valence-electron chi connectivity index (χ1n) is 6.75. The van der Waals surface area contributed by atoms with E-state index < -0.39 is 6.10 Å². The van der Waals surface area contributed by atoms with Crippen molar-refractivity contribution in [1.29, 1.82) is 0 Å². The van der Waals surface area contributed by atoms with Crippen LogP contribution in [0.2, 0.25) is 0 Å². The number of nitrogens with one attached hydrogen (secondary N) is 1. The van der Waals surface area contributed by atoms with Crippen LogP contribution < -0.4 is 14.9 Å². The molecule has 1 N–H and O–H groups in total. The molecular weight excluding hydrogens is 304 g/mol. The minimum absolute atomic E-state index is 0.0157. The van der Waals surface area contributed by atoms with Gasteiger partial charge in [-0.1, -0.05) is 11.3 Å². The zero-order valence-electron chi connectivity index (χ0n) is 12.1. The van der Waals surface area contributed by atoms with E-state index >= 15 is 0 Å². The maximum atomic E-state index is 12.3. The Morgan fingerprint density at radius 1 is 1.41 bits per heavy atom. The molecule has 0 aliphatic carbocycles. The summed E-state index contributed by atoms with van der Waals surface area (Å²) in [5.74, 6) is 0.0915. The van der Waals surface area contributed by atoms with Gasteiger partial charge < -0.3 is 10.1 Å². The van der Waals surface area contributed by atoms with Gasteiger partial charge in [-0.25, -0.2) is 0 Å². The van der Waals surface area contributed by atoms with Crippen LogP contribution in [0.15, 0.2) is 28.4 Å². The SMILES string of the molecule is Cc1csc(=O)n1CC(=O)c1ccc2c(c1)NC(=O)[C@@H](C)O2. The minimum Gasteiger partial charge on any atom is -0.479 e. The molecule has 1 aliphatic heterocycles. The number of hydrogen-bond acceptors (Lipinski definition) is 5. The number of rotatable bonds is 3. The summed E-state index contributed by atoms with van der Waals surface area (Å²) in [6.45, 7) is 3.43. The monoisotopic (exact) mass is 318 g/mol. The summed E-state index contributed by atoms with van der Waals surface area (Å²) in [6.07, 6.45) is -0.555. The van der Waals surface area contributed by atoms with Crippen molar-refractivity contribution in [3.8, 4) is 5.75 Å². The van der Waals surface area contributed by atoms with E-state index in [1.165, 1.54) is 4.57 Å². The van der Waals surface area contributed by atoms with Crippen molar-refractivity contribution >= 4 is 28.7 Å². The predicted octanol–water partition coefficient (Wildman–Crippen LogP) is 1.82. The number of aryl methyl sites for hydroxylation is 1. The third kappa shape index (κ3) is 2.55. The van der Waals surface area contributed by atoms with Gasteiger partial charge >= 0.3 is 4.87 Å². The van der Waals surface area contributed by atoms with Crippen molar-refractivity contribution in [3.05, 3.63) is 44.5 Å². The predicted molar refractivity (Wildman–Crippen MR) is 82.8 cm³/mol. The summed E-state index contributed by atoms with van der Waals surface area (Å²) in [4.78, 5) is 35.5. The normalized spacial score (nSPS) is 16.6. The number of carbonyl (C=O) groups excluding carboxylic acids is 2. The number of anilines is 1. The van der Waals surface area contributed by atoms with Gasteiger partial charge in [-0.3, -0.25) is 19.0 Å². The quantitative estimate of drug-likeness (QED) is 0.876. The van der Waals surface area contributed by atoms with E-state index in [9.17, 15) is 14.4 Å². The van der Waals surface area contributed by atoms with Crippen LogP contribution in [0.3, 0.4) is 0 Å². The Kier molecular flexibility index (Phi) is 3.58. The molecule has 2 heterocycles. The van der Waals surface area contributed by atoms with Gasteiger partial charge in [0, 0.05) is 16.6 Å². The summed E-state index contributed by atoms with van der Waals surface area (Å²) in [5, 5.41) is 4.42. The number of aromatic nitrogens is 1. The molecule has 0 spiro atoms. The van der Waals surface area contributed by atoms with E-state index in [1.807, 2.05) is 0 Å². The number of nitrogens with zero attached hydrogens (tertiary/aromatic N) is 1. The number of carbonyl (C=O) groups is 2. The summed E-state index contributed by atoms with van der Waals surface area (Å²) in [7, 11) is 0. The highest BCUT2D eigenvalue weighted by Crippen LogP contribution is 2.30. The molecular formula is C15H14N2O4S. The summed E-state index contributed by atoms with van der Waals surface area (Å²) in [5.41, 5.74) is 1.66. The van der Waals surface area contributed by atoms with Crippen LogP contribution in [0.5, 0.6) is 5.75 Å². The van der Waals surface area contributed by atoms with Crippen molar-refractivity contribution in [1.82, 2.24) is 4.57 Å². The van der Waals surface area contributed by atoms with Crippen molar-refractivity contribution in [2.24, 2.45) is 0 Å². The lowest BCUT2D eigenvalue weighted by atomic mass is 10.1. The first kappa shape index (κ1) is 14.5. The molecule has 0 unspecified atom stereocenters. The number of thiazole rings is 1. The van der Waals surface area contributed by atoms with Crippen molar-refractivity contribution in [2.45, 2.75) is 26.5 Å². The topological polar surface area (TPSA) is 77.4 Å². The summed E-state index contributed by atoms with van der Waals surface area (Å²) < 4.78 is 6.88. The van der Waals surface area contributed by atoms with Gasteiger partial charge in [-0.15, -0.1) is 0 Å². The van der Waals surface area contributed by atoms with Crippen LogP contribution >= 0.6 is 11.3 Å². The van der Waals surface area contributed by atoms with Gasteiger partial charge in [-0.05, 0) is 32.0 Å². The average molecular weight is 318 g/mol. The van der Waals surface area contributed by atoms with E-state index in [2.05, 4.69) is 5.32 Å². The second-order valence-electron chi connectivity index (χ2n) is 5.11. The van der Waals surface area contributed by atoms with Crippen LogP contribution in [0, 0.1) is 6.92 Å². The van der Waals surface area contributed by atoms with Crippen molar-refractivity contribution < 1.29 is 14.3 Å². The van der Waals surface area contributed by atoms with Gasteiger partial charge in [0.15, 0.2) is 11.9 Å². The Hall–Kier alpha value is -2.41. The molecule has 0 bridgehead atoms. The second-order valence-corrected chi connectivity index (χ2v) is 5.93. The number of fused-ring (bicyclic) bond motifs is 1. The number of ketones is 1. The van der Waals surface area contributed by atoms with Crippen LogP contribution in [-0.4, -0.2) is 22.4 Å². The lowest BCUT2D eigenvalue weighted by molar-refractivity contribution is -0.122. The highest BCUT2D eigenvalue weighted by Gasteiger charge is 2.24. The molecule has 1 atom stereocenters. The molecule has 6 nitrogen and oxygen atoms in total. The first-order chi connectivity index (χ1) is 10.5. The van der Waals surface area contributed by atoms with E-state index in [1.54, 1.807) is 37.4 Å². The van der Waals surface area contributed by atoms with Crippen molar-refractivity contribution in [2.75, 3.05) is 5.32 Å². The maximum Gasteiger partial charge on any atom is 0.307 e. The number of ether oxygens (including phenoxy) is 1. The fraction of sp³-hybridized carbons (Fsp3) is 0.267. The van der Waals surface area contributed by atoms with Gasteiger partial charge in [-0.2, -0.15) is 0 Å². The maximum absolute atomic E-state index is 12.3. The van der Waals surface area contributed by atoms with Gasteiger partial charge in [0.05, 0.1) is 12.2 Å². The molecule has 114 valence electrons. The summed E-state index contributed by atoms with van der Waals surface area (Å²) >= 11 is 1.07. The molecule has 7 heteroatoms. The molecule has 1 aromatic heterocycles. The van der Waals surface area contributed by atoms with Crippen LogP contribution in [0.1, 0.15) is 23.0 Å². The third-order valence-corrected chi connectivity index (χ3v) is 4.39. The molecule has 0 saturated carbocycles. The highest BCUT2D eigenvalue weighted by molar-refractivity contribution is 7.07. The molecule has 3 rings (SSSR count). The molecule has 22 heavy (non-hydrogen) atoms. The van der Waals surface area contributed by atoms with E-state index in [0.717, 1.165) is 17.0 Å². The fourth-order valence-electron chi connectivity index (χ4n) is 2.21. The number of amides is 1. The zero-order chi connectivity index (χ0) is 15.9. The number of benzene rings is 1. The zero-order valence-corrected chi connectivity index (χ0v) is 12.9.